The number of nitrogens with one attached hydrogen (secondary N) is 2. The van der Waals surface area contributed by atoms with Crippen molar-refractivity contribution in [2.45, 2.75) is 37.6 Å². The zero-order valence-electron chi connectivity index (χ0n) is 23.5. The van der Waals surface area contributed by atoms with E-state index in [4.69, 9.17) is 9.72 Å². The minimum atomic E-state index is -0.671. The minimum absolute atomic E-state index is 0.217. The molecule has 210 valence electrons. The van der Waals surface area contributed by atoms with Gasteiger partial charge < -0.3 is 19.9 Å². The monoisotopic (exact) mass is 566 g/mol. The Balaban J connectivity index is 1.66. The summed E-state index contributed by atoms with van der Waals surface area (Å²) in [6, 6.07) is 27.8. The molecule has 0 fully saturated rings. The van der Waals surface area contributed by atoms with Crippen molar-refractivity contribution in [1.82, 2.24) is 9.97 Å². The average molecular weight is 567 g/mol. The van der Waals surface area contributed by atoms with E-state index < -0.39 is 11.9 Å². The Labute approximate surface area is 244 Å². The largest absolute Gasteiger partial charge is 0.463 e. The minimum Gasteiger partial charge on any atom is -0.463 e. The van der Waals surface area contributed by atoms with Gasteiger partial charge in [0.1, 0.15) is 5.82 Å². The van der Waals surface area contributed by atoms with E-state index in [0.29, 0.717) is 33.6 Å². The van der Waals surface area contributed by atoms with Gasteiger partial charge in [0.25, 0.3) is 5.56 Å². The van der Waals surface area contributed by atoms with E-state index in [1.807, 2.05) is 84.9 Å². The number of H-pyrrole nitrogens is 1. The Morgan fingerprint density at radius 2 is 1.59 bits per heavy atom. The molecule has 3 aromatic carbocycles. The van der Waals surface area contributed by atoms with Gasteiger partial charge in [0, 0.05) is 24.5 Å². The van der Waals surface area contributed by atoms with E-state index in [1.54, 1.807) is 6.92 Å². The van der Waals surface area contributed by atoms with Crippen LogP contribution in [0.2, 0.25) is 0 Å². The fourth-order valence-electron chi connectivity index (χ4n) is 5.15. The number of esters is 1. The molecule has 1 aromatic heterocycles. The van der Waals surface area contributed by atoms with Crippen LogP contribution in [-0.2, 0) is 15.3 Å². The maximum Gasteiger partial charge on any atom is 0.337 e. The number of aromatic amines is 1. The van der Waals surface area contributed by atoms with Gasteiger partial charge in [0.15, 0.2) is 5.16 Å². The van der Waals surface area contributed by atoms with Crippen LogP contribution in [0.15, 0.2) is 100 Å². The SMILES string of the molecule is CCOC(=O)C1=C(c2ccccc2)Nc2nc(SCc3ccccc3)[nH]c(=O)c2C1c1ccc(N(CC)CC)cc1. The van der Waals surface area contributed by atoms with Crippen molar-refractivity contribution >= 4 is 34.9 Å². The number of ether oxygens (including phenoxy) is 1. The highest BCUT2D eigenvalue weighted by molar-refractivity contribution is 7.98. The van der Waals surface area contributed by atoms with E-state index in [2.05, 4.69) is 29.0 Å². The van der Waals surface area contributed by atoms with Gasteiger partial charge in [-0.05, 0) is 49.6 Å². The molecule has 0 radical (unpaired) electrons. The first-order valence-corrected chi connectivity index (χ1v) is 14.9. The van der Waals surface area contributed by atoms with Crippen LogP contribution >= 0.6 is 11.8 Å². The van der Waals surface area contributed by atoms with Crippen LogP contribution in [0, 0.1) is 0 Å². The molecule has 8 heteroatoms. The van der Waals surface area contributed by atoms with Crippen LogP contribution in [0.5, 0.6) is 0 Å². The Kier molecular flexibility index (Phi) is 8.89. The van der Waals surface area contributed by atoms with Crippen LogP contribution in [0.25, 0.3) is 5.70 Å². The van der Waals surface area contributed by atoms with Gasteiger partial charge in [-0.25, -0.2) is 9.78 Å². The van der Waals surface area contributed by atoms with Crippen molar-refractivity contribution in [3.05, 3.63) is 123 Å². The average Bonchev–Trinajstić information content (AvgIpc) is 3.01. The molecule has 0 spiro atoms. The Hall–Kier alpha value is -4.30. The molecule has 0 bridgehead atoms. The van der Waals surface area contributed by atoms with Crippen molar-refractivity contribution in [1.29, 1.82) is 0 Å². The molecule has 1 atom stereocenters. The number of aromatic nitrogens is 2. The third-order valence-electron chi connectivity index (χ3n) is 7.15. The molecule has 5 rings (SSSR count). The summed E-state index contributed by atoms with van der Waals surface area (Å²) in [7, 11) is 0. The van der Waals surface area contributed by atoms with Gasteiger partial charge >= 0.3 is 5.97 Å². The topological polar surface area (TPSA) is 87.3 Å². The van der Waals surface area contributed by atoms with Gasteiger partial charge in [-0.3, -0.25) is 4.79 Å². The maximum atomic E-state index is 13.8. The summed E-state index contributed by atoms with van der Waals surface area (Å²) >= 11 is 1.46. The third-order valence-corrected chi connectivity index (χ3v) is 8.10. The summed E-state index contributed by atoms with van der Waals surface area (Å²) in [5.41, 5.74) is 4.93. The fourth-order valence-corrected chi connectivity index (χ4v) is 5.97. The second-order valence-electron chi connectivity index (χ2n) is 9.60. The van der Waals surface area contributed by atoms with E-state index in [-0.39, 0.29) is 12.2 Å². The standard InChI is InChI=1S/C33H34N4O3S/c1-4-37(5-2)25-19-17-23(18-20-25)26-27(32(39)40-6-3)29(24-15-11-8-12-16-24)34-30-28(26)31(38)36-33(35-30)41-21-22-13-9-7-10-14-22/h7-20,26H,4-6,21H2,1-3H3,(H2,34,35,36,38). The molecule has 0 amide bonds. The highest BCUT2D eigenvalue weighted by atomic mass is 32.2. The first-order chi connectivity index (χ1) is 20.0. The molecule has 0 saturated heterocycles. The Bertz CT molecular complexity index is 1580. The first kappa shape index (κ1) is 28.2. The third kappa shape index (κ3) is 6.07. The normalized spacial score (nSPS) is 14.3. The molecule has 0 saturated carbocycles. The zero-order chi connectivity index (χ0) is 28.8. The summed E-state index contributed by atoms with van der Waals surface area (Å²) < 4.78 is 5.57. The molecule has 41 heavy (non-hydrogen) atoms. The van der Waals surface area contributed by atoms with E-state index in [9.17, 15) is 9.59 Å². The maximum absolute atomic E-state index is 13.8. The second kappa shape index (κ2) is 12.9. The lowest BCUT2D eigenvalue weighted by atomic mass is 9.81. The summed E-state index contributed by atoms with van der Waals surface area (Å²) in [6.07, 6.45) is 0. The number of hydrogen-bond acceptors (Lipinski definition) is 7. The van der Waals surface area contributed by atoms with Gasteiger partial charge in [-0.2, -0.15) is 0 Å². The Morgan fingerprint density at radius 1 is 0.927 bits per heavy atom. The molecule has 1 unspecified atom stereocenters. The number of benzene rings is 3. The van der Waals surface area contributed by atoms with Crippen molar-refractivity contribution in [3.8, 4) is 0 Å². The lowest BCUT2D eigenvalue weighted by Gasteiger charge is -2.30. The highest BCUT2D eigenvalue weighted by Crippen LogP contribution is 2.43. The number of hydrogen-bond donors (Lipinski definition) is 2. The van der Waals surface area contributed by atoms with Crippen molar-refractivity contribution in [2.24, 2.45) is 0 Å². The predicted octanol–water partition coefficient (Wildman–Crippen LogP) is 6.44. The highest BCUT2D eigenvalue weighted by Gasteiger charge is 2.38. The smallest absolute Gasteiger partial charge is 0.337 e. The van der Waals surface area contributed by atoms with Crippen LogP contribution in [0.4, 0.5) is 11.5 Å². The Morgan fingerprint density at radius 3 is 2.22 bits per heavy atom. The van der Waals surface area contributed by atoms with Crippen molar-refractivity contribution in [3.63, 3.8) is 0 Å². The zero-order valence-corrected chi connectivity index (χ0v) is 24.3. The van der Waals surface area contributed by atoms with Crippen LogP contribution in [0.3, 0.4) is 0 Å². The quantitative estimate of drug-likeness (QED) is 0.130. The summed E-state index contributed by atoms with van der Waals surface area (Å²) in [6.45, 7) is 7.99. The van der Waals surface area contributed by atoms with Crippen LogP contribution < -0.4 is 15.8 Å². The molecule has 0 aliphatic carbocycles. The van der Waals surface area contributed by atoms with Crippen LogP contribution in [0.1, 0.15) is 48.9 Å². The number of carbonyl (C=O) groups excluding carboxylic acids is 1. The lowest BCUT2D eigenvalue weighted by molar-refractivity contribution is -0.138. The molecule has 2 N–H and O–H groups in total. The summed E-state index contributed by atoms with van der Waals surface area (Å²) in [5.74, 6) is -0.0390. The van der Waals surface area contributed by atoms with Gasteiger partial charge in [0.05, 0.1) is 29.4 Å². The first-order valence-electron chi connectivity index (χ1n) is 13.9. The van der Waals surface area contributed by atoms with E-state index >= 15 is 0 Å². The van der Waals surface area contributed by atoms with E-state index in [1.165, 1.54) is 11.8 Å². The summed E-state index contributed by atoms with van der Waals surface area (Å²) in [5, 5.41) is 3.86. The van der Waals surface area contributed by atoms with E-state index in [0.717, 1.165) is 35.5 Å². The van der Waals surface area contributed by atoms with Crippen LogP contribution in [-0.4, -0.2) is 35.6 Å². The molecular formula is C33H34N4O3S. The number of anilines is 2. The van der Waals surface area contributed by atoms with Gasteiger partial charge in [-0.1, -0.05) is 84.6 Å². The molecule has 4 aromatic rings. The fraction of sp³-hybridized carbons (Fsp3) is 0.242. The van der Waals surface area contributed by atoms with Crippen molar-refractivity contribution in [2.75, 3.05) is 29.9 Å². The molecule has 1 aliphatic rings. The van der Waals surface area contributed by atoms with Gasteiger partial charge in [0.2, 0.25) is 0 Å². The van der Waals surface area contributed by atoms with Gasteiger partial charge in [-0.15, -0.1) is 0 Å². The molecule has 7 nitrogen and oxygen atoms in total. The van der Waals surface area contributed by atoms with Crippen molar-refractivity contribution < 1.29 is 9.53 Å². The molecule has 2 heterocycles. The number of carbonyl (C=O) groups is 1. The summed E-state index contributed by atoms with van der Waals surface area (Å²) in [4.78, 5) is 37.5. The number of thioether (sulfide) groups is 1. The number of nitrogens with zero attached hydrogens (tertiary/aromatic N) is 2. The predicted molar refractivity (Wildman–Crippen MR) is 166 cm³/mol. The number of rotatable bonds is 10. The molecule has 1 aliphatic heterocycles. The number of fused-ring (bicyclic) bond motifs is 1. The second-order valence-corrected chi connectivity index (χ2v) is 10.6. The molecular weight excluding hydrogens is 532 g/mol. The lowest BCUT2D eigenvalue weighted by Crippen LogP contribution is -2.31.